The molecule has 0 aliphatic carbocycles. The fraction of sp³-hybridized carbons (Fsp3) is 0.267. The zero-order valence-electron chi connectivity index (χ0n) is 11.7. The minimum atomic E-state index is -0.651. The fourth-order valence-corrected chi connectivity index (χ4v) is 3.00. The Morgan fingerprint density at radius 2 is 2.14 bits per heavy atom. The van der Waals surface area contributed by atoms with Crippen LogP contribution in [0.4, 0.5) is 10.5 Å². The summed E-state index contributed by atoms with van der Waals surface area (Å²) in [5, 5.41) is 1.79. The van der Waals surface area contributed by atoms with E-state index in [1.54, 1.807) is 6.07 Å². The van der Waals surface area contributed by atoms with Gasteiger partial charge in [-0.1, -0.05) is 36.0 Å². The van der Waals surface area contributed by atoms with Gasteiger partial charge in [-0.05, 0) is 18.6 Å². The van der Waals surface area contributed by atoms with Crippen LogP contribution in [0.15, 0.2) is 36.9 Å². The average molecular weight is 304 g/mol. The smallest absolute Gasteiger partial charge is 0.289 e. The third-order valence-electron chi connectivity index (χ3n) is 3.11. The van der Waals surface area contributed by atoms with Crippen LogP contribution in [0, 0.1) is 6.92 Å². The zero-order chi connectivity index (χ0) is 15.4. The molecule has 0 saturated carbocycles. The van der Waals surface area contributed by atoms with Gasteiger partial charge in [0.25, 0.3) is 5.24 Å². The molecule has 0 unspecified atom stereocenters. The second-order valence-corrected chi connectivity index (χ2v) is 5.83. The average Bonchev–Trinajstić information content (AvgIpc) is 2.69. The van der Waals surface area contributed by atoms with Gasteiger partial charge in [0.15, 0.2) is 0 Å². The van der Waals surface area contributed by atoms with Crippen molar-refractivity contribution < 1.29 is 14.4 Å². The topological polar surface area (TPSA) is 66.5 Å². The maximum Gasteiger partial charge on any atom is 0.289 e. The number of para-hydroxylation sites is 1. The number of aryl methyl sites for hydroxylation is 1. The highest BCUT2D eigenvalue weighted by molar-refractivity contribution is 8.15. The van der Waals surface area contributed by atoms with E-state index in [1.165, 1.54) is 6.08 Å². The van der Waals surface area contributed by atoms with Crippen molar-refractivity contribution in [3.05, 3.63) is 42.5 Å². The lowest BCUT2D eigenvalue weighted by Gasteiger charge is -2.11. The third kappa shape index (κ3) is 3.52. The van der Waals surface area contributed by atoms with Crippen molar-refractivity contribution in [2.45, 2.75) is 18.6 Å². The van der Waals surface area contributed by atoms with Crippen LogP contribution in [0.1, 0.15) is 12.0 Å². The summed E-state index contributed by atoms with van der Waals surface area (Å²) in [5.41, 5.74) is 1.66. The molecule has 110 valence electrons. The number of imide groups is 1. The highest BCUT2D eigenvalue weighted by atomic mass is 32.2. The Labute approximate surface area is 127 Å². The molecule has 1 aromatic rings. The van der Waals surface area contributed by atoms with E-state index in [1.807, 2.05) is 25.1 Å². The summed E-state index contributed by atoms with van der Waals surface area (Å²) in [5.74, 6) is -0.603. The van der Waals surface area contributed by atoms with Crippen LogP contribution in [0.25, 0.3) is 0 Å². The molecule has 1 aromatic carbocycles. The number of thioether (sulfide) groups is 1. The molecule has 0 radical (unpaired) electrons. The molecule has 3 amide bonds. The van der Waals surface area contributed by atoms with Crippen molar-refractivity contribution in [2.75, 3.05) is 11.9 Å². The molecule has 1 fully saturated rings. The van der Waals surface area contributed by atoms with Gasteiger partial charge >= 0.3 is 0 Å². The lowest BCUT2D eigenvalue weighted by molar-refractivity contribution is -0.128. The number of nitrogens with one attached hydrogen (secondary N) is 1. The molecule has 1 atom stereocenters. The molecule has 1 aliphatic heterocycles. The highest BCUT2D eigenvalue weighted by Gasteiger charge is 2.39. The first-order valence-electron chi connectivity index (χ1n) is 6.51. The Kier molecular flexibility index (Phi) is 4.80. The Morgan fingerprint density at radius 3 is 2.81 bits per heavy atom. The van der Waals surface area contributed by atoms with E-state index in [9.17, 15) is 14.4 Å². The summed E-state index contributed by atoms with van der Waals surface area (Å²) in [7, 11) is 0. The highest BCUT2D eigenvalue weighted by Crippen LogP contribution is 2.29. The van der Waals surface area contributed by atoms with Gasteiger partial charge < -0.3 is 5.32 Å². The van der Waals surface area contributed by atoms with E-state index in [4.69, 9.17) is 0 Å². The Hall–Kier alpha value is -2.08. The van der Waals surface area contributed by atoms with Gasteiger partial charge in [0.05, 0.1) is 0 Å². The van der Waals surface area contributed by atoms with Crippen molar-refractivity contribution in [1.82, 2.24) is 4.90 Å². The molecule has 0 aromatic heterocycles. The molecule has 0 spiro atoms. The van der Waals surface area contributed by atoms with Crippen molar-refractivity contribution >= 4 is 34.5 Å². The van der Waals surface area contributed by atoms with Crippen LogP contribution >= 0.6 is 11.8 Å². The number of carbonyl (C=O) groups is 3. The number of benzene rings is 1. The SMILES string of the molecule is C=CCN1C(=O)S[C@@H](CC(=O)Nc2ccccc2C)C1=O. The van der Waals surface area contributed by atoms with Gasteiger partial charge in [0.1, 0.15) is 5.25 Å². The Balaban J connectivity index is 1.98. The quantitative estimate of drug-likeness (QED) is 0.849. The second-order valence-electron chi connectivity index (χ2n) is 4.68. The monoisotopic (exact) mass is 304 g/mol. The van der Waals surface area contributed by atoms with E-state index in [0.717, 1.165) is 22.2 Å². The van der Waals surface area contributed by atoms with Gasteiger partial charge in [-0.3, -0.25) is 19.3 Å². The van der Waals surface area contributed by atoms with Crippen molar-refractivity contribution in [1.29, 1.82) is 0 Å². The van der Waals surface area contributed by atoms with E-state index < -0.39 is 5.25 Å². The maximum absolute atomic E-state index is 12.0. The van der Waals surface area contributed by atoms with Crippen molar-refractivity contribution in [3.63, 3.8) is 0 Å². The molecular formula is C15H16N2O3S. The van der Waals surface area contributed by atoms with Crippen molar-refractivity contribution in [3.8, 4) is 0 Å². The largest absolute Gasteiger partial charge is 0.326 e. The van der Waals surface area contributed by atoms with E-state index in [0.29, 0.717) is 5.69 Å². The first-order valence-corrected chi connectivity index (χ1v) is 7.39. The summed E-state index contributed by atoms with van der Waals surface area (Å²) in [4.78, 5) is 36.8. The summed E-state index contributed by atoms with van der Waals surface area (Å²) >= 11 is 0.894. The molecule has 1 N–H and O–H groups in total. The molecule has 6 heteroatoms. The van der Waals surface area contributed by atoms with Crippen LogP contribution in [-0.2, 0) is 9.59 Å². The van der Waals surface area contributed by atoms with Gasteiger partial charge in [-0.25, -0.2) is 0 Å². The number of hydrogen-bond acceptors (Lipinski definition) is 4. The minimum absolute atomic E-state index is 0.0166. The standard InChI is InChI=1S/C15H16N2O3S/c1-3-8-17-14(19)12(21-15(17)20)9-13(18)16-11-7-5-4-6-10(11)2/h3-7,12H,1,8-9H2,2H3,(H,16,18)/t12-/m0/s1. The molecular weight excluding hydrogens is 288 g/mol. The van der Waals surface area contributed by atoms with E-state index >= 15 is 0 Å². The lowest BCUT2D eigenvalue weighted by atomic mass is 10.2. The Bertz CT molecular complexity index is 600. The fourth-order valence-electron chi connectivity index (χ4n) is 2.00. The zero-order valence-corrected chi connectivity index (χ0v) is 12.5. The normalized spacial score (nSPS) is 18.0. The summed E-state index contributed by atoms with van der Waals surface area (Å²) in [6, 6.07) is 7.40. The number of hydrogen-bond donors (Lipinski definition) is 1. The Morgan fingerprint density at radius 1 is 1.43 bits per heavy atom. The number of amides is 3. The third-order valence-corrected chi connectivity index (χ3v) is 4.18. The van der Waals surface area contributed by atoms with Gasteiger partial charge in [0.2, 0.25) is 11.8 Å². The minimum Gasteiger partial charge on any atom is -0.326 e. The van der Waals surface area contributed by atoms with Crippen LogP contribution in [0.5, 0.6) is 0 Å². The number of nitrogens with zero attached hydrogens (tertiary/aromatic N) is 1. The molecule has 2 rings (SSSR count). The van der Waals surface area contributed by atoms with Crippen LogP contribution in [-0.4, -0.2) is 33.7 Å². The summed E-state index contributed by atoms with van der Waals surface area (Å²) < 4.78 is 0. The lowest BCUT2D eigenvalue weighted by Crippen LogP contribution is -2.33. The summed E-state index contributed by atoms with van der Waals surface area (Å²) in [6.07, 6.45) is 1.48. The molecule has 1 heterocycles. The van der Waals surface area contributed by atoms with Crippen molar-refractivity contribution in [2.24, 2.45) is 0 Å². The van der Waals surface area contributed by atoms with Crippen LogP contribution in [0.2, 0.25) is 0 Å². The van der Waals surface area contributed by atoms with E-state index in [2.05, 4.69) is 11.9 Å². The molecule has 5 nitrogen and oxygen atoms in total. The first-order chi connectivity index (χ1) is 10.0. The first kappa shape index (κ1) is 15.3. The number of carbonyl (C=O) groups excluding carboxylic acids is 3. The number of rotatable bonds is 5. The second kappa shape index (κ2) is 6.58. The van der Waals surface area contributed by atoms with Gasteiger partial charge in [-0.2, -0.15) is 0 Å². The number of anilines is 1. The van der Waals surface area contributed by atoms with E-state index in [-0.39, 0.29) is 30.0 Å². The van der Waals surface area contributed by atoms with Crippen LogP contribution in [0.3, 0.4) is 0 Å². The molecule has 0 bridgehead atoms. The molecule has 1 aliphatic rings. The van der Waals surface area contributed by atoms with Gasteiger partial charge in [0, 0.05) is 18.7 Å². The predicted octanol–water partition coefficient (Wildman–Crippen LogP) is 2.57. The predicted molar refractivity (Wildman–Crippen MR) is 83.1 cm³/mol. The van der Waals surface area contributed by atoms with Crippen LogP contribution < -0.4 is 5.32 Å². The maximum atomic E-state index is 12.0. The summed E-state index contributed by atoms with van der Waals surface area (Å²) in [6.45, 7) is 5.58. The molecule has 21 heavy (non-hydrogen) atoms. The molecule has 1 saturated heterocycles. The van der Waals surface area contributed by atoms with Gasteiger partial charge in [-0.15, -0.1) is 6.58 Å².